The molecule has 1 saturated heterocycles. The van der Waals surface area contributed by atoms with E-state index >= 15 is 0 Å². The molecule has 134 valence electrons. The van der Waals surface area contributed by atoms with Gasteiger partial charge in [0.25, 0.3) is 0 Å². The molecule has 1 aromatic carbocycles. The van der Waals surface area contributed by atoms with Crippen molar-refractivity contribution in [1.29, 1.82) is 0 Å². The topological polar surface area (TPSA) is 61.8 Å². The number of carbonyl (C=O) groups is 1. The van der Waals surface area contributed by atoms with Crippen LogP contribution in [-0.2, 0) is 4.74 Å². The average Bonchev–Trinajstić information content (AvgIpc) is 2.92. The molecule has 0 bridgehead atoms. The number of aliphatic hydroxyl groups is 1. The largest absolute Gasteiger partial charge is 0.444 e. The molecule has 1 aliphatic heterocycles. The second-order valence-corrected chi connectivity index (χ2v) is 6.97. The number of aliphatic hydroxyl groups excluding tert-OH is 1. The Morgan fingerprint density at radius 3 is 2.62 bits per heavy atom. The number of likely N-dealkylation sites (tertiary alicyclic amines) is 1. The maximum Gasteiger partial charge on any atom is 0.410 e. The van der Waals surface area contributed by atoms with Crippen LogP contribution in [0, 0.1) is 11.6 Å². The van der Waals surface area contributed by atoms with Crippen LogP contribution in [0.1, 0.15) is 38.9 Å². The Labute approximate surface area is 140 Å². The lowest BCUT2D eigenvalue weighted by molar-refractivity contribution is 0.0290. The number of nitrogens with zero attached hydrogens (tertiary/aromatic N) is 1. The van der Waals surface area contributed by atoms with Crippen molar-refractivity contribution in [3.63, 3.8) is 0 Å². The van der Waals surface area contributed by atoms with Gasteiger partial charge in [0.05, 0.1) is 11.7 Å². The Bertz CT molecular complexity index is 569. The summed E-state index contributed by atoms with van der Waals surface area (Å²) in [4.78, 5) is 13.6. The van der Waals surface area contributed by atoms with E-state index in [9.17, 15) is 18.7 Å². The van der Waals surface area contributed by atoms with E-state index in [4.69, 9.17) is 4.74 Å². The van der Waals surface area contributed by atoms with Gasteiger partial charge >= 0.3 is 6.09 Å². The first kappa shape index (κ1) is 18.6. The van der Waals surface area contributed by atoms with Gasteiger partial charge < -0.3 is 20.1 Å². The van der Waals surface area contributed by atoms with E-state index in [0.29, 0.717) is 19.5 Å². The predicted molar refractivity (Wildman–Crippen MR) is 85.5 cm³/mol. The lowest BCUT2D eigenvalue weighted by atomic mass is 10.1. The number of ether oxygens (including phenoxy) is 1. The monoisotopic (exact) mass is 342 g/mol. The van der Waals surface area contributed by atoms with E-state index < -0.39 is 23.3 Å². The number of benzene rings is 1. The van der Waals surface area contributed by atoms with Crippen LogP contribution >= 0.6 is 0 Å². The van der Waals surface area contributed by atoms with Crippen LogP contribution in [0.3, 0.4) is 0 Å². The lowest BCUT2D eigenvalue weighted by Crippen LogP contribution is -2.39. The minimum atomic E-state index is -1.29. The zero-order valence-corrected chi connectivity index (χ0v) is 14.2. The van der Waals surface area contributed by atoms with Gasteiger partial charge in [-0.05, 0) is 39.3 Å². The second-order valence-electron chi connectivity index (χ2n) is 6.97. The number of halogens is 2. The minimum absolute atomic E-state index is 0.00464. The van der Waals surface area contributed by atoms with Gasteiger partial charge in [0.15, 0.2) is 0 Å². The molecule has 0 aromatic heterocycles. The molecule has 2 rings (SSSR count). The Balaban J connectivity index is 1.85. The highest BCUT2D eigenvalue weighted by Gasteiger charge is 2.30. The molecule has 2 atom stereocenters. The van der Waals surface area contributed by atoms with E-state index in [0.717, 1.165) is 12.1 Å². The number of hydrogen-bond acceptors (Lipinski definition) is 4. The summed E-state index contributed by atoms with van der Waals surface area (Å²) in [5, 5.41) is 13.1. The van der Waals surface area contributed by atoms with E-state index in [1.165, 1.54) is 6.07 Å². The van der Waals surface area contributed by atoms with E-state index in [1.807, 2.05) is 0 Å². The molecule has 0 saturated carbocycles. The number of nitrogens with one attached hydrogen (secondary N) is 1. The maximum atomic E-state index is 13.6. The second kappa shape index (κ2) is 7.44. The Morgan fingerprint density at radius 1 is 1.42 bits per heavy atom. The molecule has 0 radical (unpaired) electrons. The first-order chi connectivity index (χ1) is 11.2. The normalized spacial score (nSPS) is 19.4. The van der Waals surface area contributed by atoms with Crippen LogP contribution in [0.2, 0.25) is 0 Å². The smallest absolute Gasteiger partial charge is 0.410 e. The van der Waals surface area contributed by atoms with E-state index in [-0.39, 0.29) is 24.2 Å². The summed E-state index contributed by atoms with van der Waals surface area (Å²) in [6, 6.07) is 3.43. The maximum absolute atomic E-state index is 13.6. The molecule has 0 aliphatic carbocycles. The highest BCUT2D eigenvalue weighted by Crippen LogP contribution is 2.21. The average molecular weight is 342 g/mol. The van der Waals surface area contributed by atoms with Gasteiger partial charge in [-0.2, -0.15) is 0 Å². The first-order valence-corrected chi connectivity index (χ1v) is 8.00. The number of carbonyl (C=O) groups excluding carboxylic acids is 1. The van der Waals surface area contributed by atoms with Crippen molar-refractivity contribution >= 4 is 6.09 Å². The third kappa shape index (κ3) is 4.88. The van der Waals surface area contributed by atoms with Crippen LogP contribution in [0.4, 0.5) is 13.6 Å². The Kier molecular flexibility index (Phi) is 5.77. The van der Waals surface area contributed by atoms with E-state index in [1.54, 1.807) is 25.7 Å². The van der Waals surface area contributed by atoms with Gasteiger partial charge in [-0.25, -0.2) is 13.6 Å². The fraction of sp³-hybridized carbons (Fsp3) is 0.588. The third-order valence-electron chi connectivity index (χ3n) is 3.77. The highest BCUT2D eigenvalue weighted by atomic mass is 19.1. The zero-order valence-electron chi connectivity index (χ0n) is 14.2. The van der Waals surface area contributed by atoms with Crippen LogP contribution in [-0.4, -0.2) is 47.4 Å². The SMILES string of the molecule is CC(C)(C)OC(=O)N1CC[C@H](NC[C@H](O)c2c(F)cccc2F)C1. The molecule has 24 heavy (non-hydrogen) atoms. The zero-order chi connectivity index (χ0) is 17.9. The van der Waals surface area contributed by atoms with Crippen molar-refractivity contribution in [2.75, 3.05) is 19.6 Å². The summed E-state index contributed by atoms with van der Waals surface area (Å²) in [6.07, 6.45) is -0.986. The Hall–Kier alpha value is -1.73. The molecule has 1 amide bonds. The van der Waals surface area contributed by atoms with Crippen molar-refractivity contribution < 1.29 is 23.4 Å². The number of rotatable bonds is 4. The summed E-state index contributed by atoms with van der Waals surface area (Å²) in [7, 11) is 0. The summed E-state index contributed by atoms with van der Waals surface area (Å²) in [6.45, 7) is 6.38. The van der Waals surface area contributed by atoms with E-state index in [2.05, 4.69) is 5.32 Å². The molecule has 0 unspecified atom stereocenters. The standard InChI is InChI=1S/C17H24F2N2O3/c1-17(2,3)24-16(23)21-8-7-11(10-21)20-9-14(22)15-12(18)5-4-6-13(15)19/h4-6,11,14,20,22H,7-10H2,1-3H3/t11-,14-/m0/s1. The van der Waals surface area contributed by atoms with Gasteiger partial charge in [-0.3, -0.25) is 0 Å². The first-order valence-electron chi connectivity index (χ1n) is 8.00. The molecule has 1 heterocycles. The molecular weight excluding hydrogens is 318 g/mol. The van der Waals surface area contributed by atoms with Gasteiger partial charge in [-0.1, -0.05) is 6.07 Å². The summed E-state index contributed by atoms with van der Waals surface area (Å²) >= 11 is 0. The highest BCUT2D eigenvalue weighted by molar-refractivity contribution is 5.68. The minimum Gasteiger partial charge on any atom is -0.444 e. The van der Waals surface area contributed by atoms with Crippen molar-refractivity contribution in [1.82, 2.24) is 10.2 Å². The molecule has 2 N–H and O–H groups in total. The molecule has 7 heteroatoms. The molecule has 1 aromatic rings. The van der Waals surface area contributed by atoms with Gasteiger partial charge in [0.1, 0.15) is 17.2 Å². The number of hydrogen-bond donors (Lipinski definition) is 2. The summed E-state index contributed by atoms with van der Waals surface area (Å²) in [5.41, 5.74) is -0.895. The van der Waals surface area contributed by atoms with Crippen LogP contribution in [0.5, 0.6) is 0 Å². The molecule has 1 aliphatic rings. The van der Waals surface area contributed by atoms with Gasteiger partial charge in [-0.15, -0.1) is 0 Å². The molecule has 1 fully saturated rings. The molecule has 0 spiro atoms. The summed E-state index contributed by atoms with van der Waals surface area (Å²) < 4.78 is 32.6. The fourth-order valence-electron chi connectivity index (χ4n) is 2.63. The fourth-order valence-corrected chi connectivity index (χ4v) is 2.63. The van der Waals surface area contributed by atoms with Gasteiger partial charge in [0.2, 0.25) is 0 Å². The van der Waals surface area contributed by atoms with Crippen molar-refractivity contribution in [3.8, 4) is 0 Å². The van der Waals surface area contributed by atoms with Crippen LogP contribution in [0.25, 0.3) is 0 Å². The summed E-state index contributed by atoms with van der Waals surface area (Å²) in [5.74, 6) is -1.54. The predicted octanol–water partition coefficient (Wildman–Crippen LogP) is 2.60. The van der Waals surface area contributed by atoms with Crippen molar-refractivity contribution in [2.24, 2.45) is 0 Å². The Morgan fingerprint density at radius 2 is 2.04 bits per heavy atom. The van der Waals surface area contributed by atoms with Crippen molar-refractivity contribution in [3.05, 3.63) is 35.4 Å². The molecule has 5 nitrogen and oxygen atoms in total. The number of amides is 1. The van der Waals surface area contributed by atoms with Crippen LogP contribution < -0.4 is 5.32 Å². The van der Waals surface area contributed by atoms with Crippen molar-refractivity contribution in [2.45, 2.75) is 44.9 Å². The lowest BCUT2D eigenvalue weighted by Gasteiger charge is -2.24. The third-order valence-corrected chi connectivity index (χ3v) is 3.77. The van der Waals surface area contributed by atoms with Gasteiger partial charge in [0, 0.05) is 25.7 Å². The van der Waals surface area contributed by atoms with Crippen LogP contribution in [0.15, 0.2) is 18.2 Å². The quantitative estimate of drug-likeness (QED) is 0.883. The molecular formula is C17H24F2N2O3.